The fourth-order valence-corrected chi connectivity index (χ4v) is 2.60. The number of hydrogen-bond acceptors (Lipinski definition) is 6. The van der Waals surface area contributed by atoms with E-state index < -0.39 is 29.2 Å². The Hall–Kier alpha value is -4.00. The van der Waals surface area contributed by atoms with Crippen LogP contribution in [0.5, 0.6) is 0 Å². The Balaban J connectivity index is 1.78. The summed E-state index contributed by atoms with van der Waals surface area (Å²) in [5, 5.41) is 9.56. The van der Waals surface area contributed by atoms with Crippen molar-refractivity contribution in [2.24, 2.45) is 0 Å². The highest BCUT2D eigenvalue weighted by Crippen LogP contribution is 2.17. The topological polar surface area (TPSA) is 103 Å². The fourth-order valence-electron chi connectivity index (χ4n) is 2.60. The molecule has 1 aromatic heterocycles. The number of aromatic nitrogens is 1. The van der Waals surface area contributed by atoms with Gasteiger partial charge in [0.15, 0.2) is 5.69 Å². The van der Waals surface area contributed by atoms with Crippen LogP contribution in [-0.2, 0) is 22.7 Å². The number of benzene rings is 2. The lowest BCUT2D eigenvalue weighted by atomic mass is 10.1. The number of ether oxygens (including phenoxy) is 2. The van der Waals surface area contributed by atoms with Crippen LogP contribution in [0.3, 0.4) is 0 Å². The monoisotopic (exact) mass is 391 g/mol. The van der Waals surface area contributed by atoms with E-state index in [2.05, 4.69) is 4.98 Å². The molecule has 2 aromatic carbocycles. The highest BCUT2D eigenvalue weighted by molar-refractivity contribution is 6.08. The quantitative estimate of drug-likeness (QED) is 0.615. The van der Waals surface area contributed by atoms with Crippen molar-refractivity contribution < 1.29 is 29.0 Å². The normalized spacial score (nSPS) is 10.2. The van der Waals surface area contributed by atoms with Gasteiger partial charge in [-0.25, -0.2) is 19.4 Å². The molecule has 7 heteroatoms. The molecular weight excluding hydrogens is 374 g/mol. The first-order valence-electron chi connectivity index (χ1n) is 8.70. The Morgan fingerprint density at radius 3 is 1.79 bits per heavy atom. The van der Waals surface area contributed by atoms with Crippen molar-refractivity contribution in [1.82, 2.24) is 4.98 Å². The highest BCUT2D eigenvalue weighted by atomic mass is 16.5. The number of carboxylic acid groups (broad SMARTS) is 1. The Morgan fingerprint density at radius 2 is 1.28 bits per heavy atom. The number of nitrogens with zero attached hydrogens (tertiary/aromatic N) is 1. The second kappa shape index (κ2) is 9.27. The average Bonchev–Trinajstić information content (AvgIpc) is 2.76. The van der Waals surface area contributed by atoms with Crippen LogP contribution in [0.15, 0.2) is 72.9 Å². The maximum Gasteiger partial charge on any atom is 0.358 e. The Morgan fingerprint density at radius 1 is 0.759 bits per heavy atom. The fraction of sp³-hybridized carbons (Fsp3) is 0.0909. The van der Waals surface area contributed by atoms with Gasteiger partial charge in [0.25, 0.3) is 0 Å². The van der Waals surface area contributed by atoms with Crippen LogP contribution in [0, 0.1) is 0 Å². The van der Waals surface area contributed by atoms with Crippen molar-refractivity contribution in [3.05, 3.63) is 101 Å². The SMILES string of the molecule is O=C(OCc1ccccc1)c1ccnc(C(=O)OCc2ccccc2)c1C(=O)O. The molecule has 0 saturated carbocycles. The van der Waals surface area contributed by atoms with Crippen molar-refractivity contribution >= 4 is 17.9 Å². The van der Waals surface area contributed by atoms with Crippen LogP contribution in [-0.4, -0.2) is 28.0 Å². The van der Waals surface area contributed by atoms with Gasteiger partial charge in [-0.3, -0.25) is 0 Å². The molecule has 0 aliphatic carbocycles. The summed E-state index contributed by atoms with van der Waals surface area (Å²) in [5.41, 5.74) is 0.201. The van der Waals surface area contributed by atoms with Crippen molar-refractivity contribution in [3.8, 4) is 0 Å². The Labute approximate surface area is 166 Å². The summed E-state index contributed by atoms with van der Waals surface area (Å²) in [5.74, 6) is -3.29. The van der Waals surface area contributed by atoms with Crippen LogP contribution in [0.25, 0.3) is 0 Å². The van der Waals surface area contributed by atoms with Crippen LogP contribution < -0.4 is 0 Å². The van der Waals surface area contributed by atoms with E-state index in [0.717, 1.165) is 11.1 Å². The summed E-state index contributed by atoms with van der Waals surface area (Å²) in [4.78, 5) is 40.4. The predicted molar refractivity (Wildman–Crippen MR) is 102 cm³/mol. The van der Waals surface area contributed by atoms with Crippen LogP contribution in [0.2, 0.25) is 0 Å². The number of carboxylic acids is 1. The maximum absolute atomic E-state index is 12.4. The van der Waals surface area contributed by atoms with Crippen LogP contribution in [0.4, 0.5) is 0 Å². The lowest BCUT2D eigenvalue weighted by Gasteiger charge is -2.11. The minimum Gasteiger partial charge on any atom is -0.478 e. The molecule has 0 fully saturated rings. The molecule has 0 unspecified atom stereocenters. The summed E-state index contributed by atoms with van der Waals surface area (Å²) in [6, 6.07) is 19.1. The smallest absolute Gasteiger partial charge is 0.358 e. The molecule has 0 aliphatic rings. The zero-order chi connectivity index (χ0) is 20.6. The molecule has 0 radical (unpaired) electrons. The van der Waals surface area contributed by atoms with Crippen LogP contribution >= 0.6 is 0 Å². The van der Waals surface area contributed by atoms with E-state index in [4.69, 9.17) is 9.47 Å². The molecule has 1 heterocycles. The highest BCUT2D eigenvalue weighted by Gasteiger charge is 2.27. The first kappa shape index (κ1) is 19.8. The van der Waals surface area contributed by atoms with E-state index in [1.165, 1.54) is 12.3 Å². The summed E-state index contributed by atoms with van der Waals surface area (Å²) in [7, 11) is 0. The third kappa shape index (κ3) is 5.04. The number of carbonyl (C=O) groups is 3. The largest absolute Gasteiger partial charge is 0.478 e. The second-order valence-corrected chi connectivity index (χ2v) is 6.01. The van der Waals surface area contributed by atoms with Crippen molar-refractivity contribution in [2.45, 2.75) is 13.2 Å². The molecule has 3 rings (SSSR count). The van der Waals surface area contributed by atoms with Crippen molar-refractivity contribution in [2.75, 3.05) is 0 Å². The van der Waals surface area contributed by atoms with Gasteiger partial charge < -0.3 is 14.6 Å². The predicted octanol–water partition coefficient (Wildman–Crippen LogP) is 3.49. The zero-order valence-corrected chi connectivity index (χ0v) is 15.3. The third-order valence-corrected chi connectivity index (χ3v) is 4.00. The van der Waals surface area contributed by atoms with Gasteiger partial charge in [-0.1, -0.05) is 60.7 Å². The molecule has 0 aliphatic heterocycles. The van der Waals surface area contributed by atoms with Crippen LogP contribution in [0.1, 0.15) is 42.3 Å². The van der Waals surface area contributed by atoms with E-state index in [9.17, 15) is 19.5 Å². The number of hydrogen-bond donors (Lipinski definition) is 1. The standard InChI is InChI=1S/C22H17NO6/c24-20(25)18-17(21(26)28-13-15-7-3-1-4-8-15)11-12-23-19(18)22(27)29-14-16-9-5-2-6-10-16/h1-12H,13-14H2,(H,24,25). The summed E-state index contributed by atoms with van der Waals surface area (Å²) >= 11 is 0. The molecule has 0 spiro atoms. The van der Waals surface area contributed by atoms with E-state index in [-0.39, 0.29) is 18.8 Å². The molecule has 1 N–H and O–H groups in total. The first-order valence-corrected chi connectivity index (χ1v) is 8.70. The van der Waals surface area contributed by atoms with E-state index in [0.29, 0.717) is 0 Å². The molecule has 3 aromatic rings. The van der Waals surface area contributed by atoms with E-state index in [1.807, 2.05) is 12.1 Å². The molecule has 29 heavy (non-hydrogen) atoms. The van der Waals surface area contributed by atoms with Gasteiger partial charge in [0.05, 0.1) is 5.56 Å². The van der Waals surface area contributed by atoms with E-state index >= 15 is 0 Å². The molecule has 0 bridgehead atoms. The van der Waals surface area contributed by atoms with Gasteiger partial charge in [-0.15, -0.1) is 0 Å². The first-order chi connectivity index (χ1) is 14.1. The maximum atomic E-state index is 12.4. The summed E-state index contributed by atoms with van der Waals surface area (Å²) in [6.07, 6.45) is 1.17. The number of pyridine rings is 1. The molecule has 7 nitrogen and oxygen atoms in total. The minimum atomic E-state index is -1.48. The lowest BCUT2D eigenvalue weighted by Crippen LogP contribution is -2.19. The number of esters is 2. The molecule has 0 saturated heterocycles. The van der Waals surface area contributed by atoms with Gasteiger partial charge >= 0.3 is 17.9 Å². The zero-order valence-electron chi connectivity index (χ0n) is 15.3. The third-order valence-electron chi connectivity index (χ3n) is 4.00. The molecule has 146 valence electrons. The van der Waals surface area contributed by atoms with E-state index in [1.54, 1.807) is 48.5 Å². The lowest BCUT2D eigenvalue weighted by molar-refractivity contribution is 0.0447. The second-order valence-electron chi connectivity index (χ2n) is 6.01. The number of aromatic carboxylic acids is 1. The molecule has 0 amide bonds. The summed E-state index contributed by atoms with van der Waals surface area (Å²) < 4.78 is 10.3. The number of rotatable bonds is 7. The van der Waals surface area contributed by atoms with Gasteiger partial charge in [0.1, 0.15) is 18.8 Å². The number of carbonyl (C=O) groups excluding carboxylic acids is 2. The molecule has 0 atom stereocenters. The summed E-state index contributed by atoms with van der Waals surface area (Å²) in [6.45, 7) is -0.0854. The van der Waals surface area contributed by atoms with Gasteiger partial charge in [0.2, 0.25) is 0 Å². The average molecular weight is 391 g/mol. The van der Waals surface area contributed by atoms with Crippen molar-refractivity contribution in [1.29, 1.82) is 0 Å². The van der Waals surface area contributed by atoms with Gasteiger partial charge in [0, 0.05) is 6.20 Å². The Bertz CT molecular complexity index is 944. The van der Waals surface area contributed by atoms with Crippen molar-refractivity contribution in [3.63, 3.8) is 0 Å². The Kier molecular flexibility index (Phi) is 6.32. The molecular formula is C22H17NO6. The van der Waals surface area contributed by atoms with Gasteiger partial charge in [-0.2, -0.15) is 0 Å². The minimum absolute atomic E-state index is 0.0329. The van der Waals surface area contributed by atoms with Gasteiger partial charge in [-0.05, 0) is 17.2 Å².